The van der Waals surface area contributed by atoms with Crippen LogP contribution < -0.4 is 10.9 Å². The van der Waals surface area contributed by atoms with Gasteiger partial charge < -0.3 is 9.88 Å². The lowest BCUT2D eigenvalue weighted by molar-refractivity contribution is 0.0950. The molecule has 6 heteroatoms. The molecule has 2 aliphatic heterocycles. The Morgan fingerprint density at radius 3 is 2.73 bits per heavy atom. The Morgan fingerprint density at radius 2 is 2.00 bits per heavy atom. The van der Waals surface area contributed by atoms with Gasteiger partial charge in [0.1, 0.15) is 5.69 Å². The van der Waals surface area contributed by atoms with Crippen molar-refractivity contribution >= 4 is 5.91 Å². The molecule has 1 aromatic carbocycles. The van der Waals surface area contributed by atoms with Gasteiger partial charge in [0.25, 0.3) is 11.5 Å². The van der Waals surface area contributed by atoms with Crippen molar-refractivity contribution in [2.75, 3.05) is 0 Å². The number of nitrogens with zero attached hydrogens (tertiary/aromatic N) is 2. The van der Waals surface area contributed by atoms with Crippen LogP contribution in [-0.2, 0) is 13.6 Å². The van der Waals surface area contributed by atoms with E-state index in [0.29, 0.717) is 23.4 Å². The van der Waals surface area contributed by atoms with Crippen molar-refractivity contribution < 1.29 is 4.79 Å². The minimum Gasteiger partial charge on any atom is -0.356 e. The van der Waals surface area contributed by atoms with E-state index in [9.17, 15) is 9.59 Å². The molecule has 2 heterocycles. The summed E-state index contributed by atoms with van der Waals surface area (Å²) in [5.74, 6) is -0.256. The maximum Gasteiger partial charge on any atom is 0.275 e. The van der Waals surface area contributed by atoms with E-state index in [2.05, 4.69) is 15.5 Å². The van der Waals surface area contributed by atoms with Crippen LogP contribution in [0, 0.1) is 6.92 Å². The van der Waals surface area contributed by atoms with E-state index in [-0.39, 0.29) is 11.5 Å². The molecule has 2 aliphatic rings. The maximum absolute atomic E-state index is 12.4. The Bertz CT molecular complexity index is 845. The first-order chi connectivity index (χ1) is 10.5. The highest BCUT2D eigenvalue weighted by Crippen LogP contribution is 2.19. The highest BCUT2D eigenvalue weighted by Gasteiger charge is 2.20. The third-order valence-corrected chi connectivity index (χ3v) is 3.51. The molecule has 0 unspecified atom stereocenters. The fourth-order valence-corrected chi connectivity index (χ4v) is 2.32. The summed E-state index contributed by atoms with van der Waals surface area (Å²) in [6.45, 7) is 2.44. The molecule has 22 heavy (non-hydrogen) atoms. The molecule has 0 aromatic heterocycles. The summed E-state index contributed by atoms with van der Waals surface area (Å²) >= 11 is 0. The number of carbonyl (C=O) groups excluding carboxylic acids is 1. The SMILES string of the molecule is Cc1ccc(CNC(=O)c2cn(C)cc3c(=O)[nH]nc2-3)cc1. The monoisotopic (exact) mass is 296 g/mol. The Labute approximate surface area is 127 Å². The molecular formula is C16H16N4O2. The molecule has 0 aliphatic carbocycles. The third-order valence-electron chi connectivity index (χ3n) is 3.51. The van der Waals surface area contributed by atoms with Gasteiger partial charge in [0, 0.05) is 26.0 Å². The summed E-state index contributed by atoms with van der Waals surface area (Å²) in [5, 5.41) is 9.17. The van der Waals surface area contributed by atoms with Crippen molar-refractivity contribution in [3.8, 4) is 11.3 Å². The summed E-state index contributed by atoms with van der Waals surface area (Å²) in [6, 6.07) is 7.94. The largest absolute Gasteiger partial charge is 0.356 e. The molecule has 1 amide bonds. The van der Waals surface area contributed by atoms with Crippen LogP contribution >= 0.6 is 0 Å². The van der Waals surface area contributed by atoms with E-state index in [0.717, 1.165) is 5.56 Å². The fourth-order valence-electron chi connectivity index (χ4n) is 2.32. The topological polar surface area (TPSA) is 79.8 Å². The van der Waals surface area contributed by atoms with Crippen LogP contribution in [0.4, 0.5) is 0 Å². The number of rotatable bonds is 3. The molecular weight excluding hydrogens is 280 g/mol. The minimum atomic E-state index is -0.293. The van der Waals surface area contributed by atoms with Crippen molar-refractivity contribution in [3.05, 3.63) is 63.7 Å². The van der Waals surface area contributed by atoms with Crippen LogP contribution in [0.5, 0.6) is 0 Å². The molecule has 6 nitrogen and oxygen atoms in total. The van der Waals surface area contributed by atoms with Crippen LogP contribution in [0.3, 0.4) is 0 Å². The van der Waals surface area contributed by atoms with Crippen molar-refractivity contribution in [2.45, 2.75) is 13.5 Å². The second-order valence-corrected chi connectivity index (χ2v) is 5.32. The van der Waals surface area contributed by atoms with Crippen LogP contribution in [0.15, 0.2) is 41.5 Å². The van der Waals surface area contributed by atoms with Gasteiger partial charge in [-0.1, -0.05) is 29.8 Å². The second kappa shape index (κ2) is 5.48. The molecule has 3 rings (SSSR count). The van der Waals surface area contributed by atoms with E-state index < -0.39 is 0 Å². The number of aromatic amines is 1. The average molecular weight is 296 g/mol. The van der Waals surface area contributed by atoms with Crippen molar-refractivity contribution in [2.24, 2.45) is 7.05 Å². The molecule has 0 saturated heterocycles. The minimum absolute atomic E-state index is 0.256. The summed E-state index contributed by atoms with van der Waals surface area (Å²) in [6.07, 6.45) is 3.31. The number of pyridine rings is 1. The lowest BCUT2D eigenvalue weighted by Crippen LogP contribution is -2.24. The smallest absolute Gasteiger partial charge is 0.275 e. The van der Waals surface area contributed by atoms with Crippen LogP contribution in [-0.4, -0.2) is 20.7 Å². The zero-order chi connectivity index (χ0) is 15.7. The zero-order valence-electron chi connectivity index (χ0n) is 12.4. The molecule has 112 valence electrons. The Kier molecular flexibility index (Phi) is 3.50. The Morgan fingerprint density at radius 1 is 1.27 bits per heavy atom. The molecule has 2 N–H and O–H groups in total. The molecule has 0 spiro atoms. The number of aromatic nitrogens is 3. The Balaban J connectivity index is 1.83. The zero-order valence-corrected chi connectivity index (χ0v) is 12.4. The molecule has 0 saturated carbocycles. The van der Waals surface area contributed by atoms with E-state index in [1.54, 1.807) is 24.0 Å². The van der Waals surface area contributed by atoms with E-state index in [1.165, 1.54) is 5.56 Å². The number of aryl methyl sites for hydroxylation is 2. The van der Waals surface area contributed by atoms with Gasteiger partial charge in [-0.05, 0) is 12.5 Å². The van der Waals surface area contributed by atoms with Gasteiger partial charge in [-0.3, -0.25) is 9.59 Å². The first-order valence-electron chi connectivity index (χ1n) is 6.92. The van der Waals surface area contributed by atoms with E-state index in [1.807, 2.05) is 31.2 Å². The van der Waals surface area contributed by atoms with Crippen molar-refractivity contribution in [3.63, 3.8) is 0 Å². The number of nitrogens with one attached hydrogen (secondary N) is 2. The number of hydrogen-bond acceptors (Lipinski definition) is 3. The van der Waals surface area contributed by atoms with E-state index in [4.69, 9.17) is 0 Å². The summed E-state index contributed by atoms with van der Waals surface area (Å²) < 4.78 is 1.68. The average Bonchev–Trinajstić information content (AvgIpc) is 2.87. The highest BCUT2D eigenvalue weighted by molar-refractivity contribution is 5.99. The van der Waals surface area contributed by atoms with Gasteiger partial charge in [-0.15, -0.1) is 0 Å². The van der Waals surface area contributed by atoms with Gasteiger partial charge in [0.2, 0.25) is 0 Å². The van der Waals surface area contributed by atoms with Crippen LogP contribution in [0.2, 0.25) is 0 Å². The predicted octanol–water partition coefficient (Wildman–Crippen LogP) is 1.45. The molecule has 0 fully saturated rings. The highest BCUT2D eigenvalue weighted by atomic mass is 16.2. The van der Waals surface area contributed by atoms with Gasteiger partial charge in [-0.2, -0.15) is 5.10 Å². The van der Waals surface area contributed by atoms with Crippen molar-refractivity contribution in [1.29, 1.82) is 0 Å². The van der Waals surface area contributed by atoms with E-state index >= 15 is 0 Å². The van der Waals surface area contributed by atoms with Gasteiger partial charge in [0.05, 0.1) is 11.1 Å². The number of amides is 1. The second-order valence-electron chi connectivity index (χ2n) is 5.32. The lowest BCUT2D eigenvalue weighted by atomic mass is 10.1. The number of carbonyl (C=O) groups is 1. The summed E-state index contributed by atoms with van der Waals surface area (Å²) in [7, 11) is 1.77. The molecule has 0 atom stereocenters. The predicted molar refractivity (Wildman–Crippen MR) is 82.8 cm³/mol. The number of benzene rings is 1. The number of fused-ring (bicyclic) bond motifs is 1. The summed E-state index contributed by atoms with van der Waals surface area (Å²) in [4.78, 5) is 24.0. The Hall–Kier alpha value is -2.89. The van der Waals surface area contributed by atoms with Gasteiger partial charge in [0.15, 0.2) is 0 Å². The number of hydrogen-bond donors (Lipinski definition) is 2. The number of H-pyrrole nitrogens is 1. The molecule has 0 radical (unpaired) electrons. The quantitative estimate of drug-likeness (QED) is 0.767. The van der Waals surface area contributed by atoms with Gasteiger partial charge in [-0.25, -0.2) is 5.10 Å². The first-order valence-corrected chi connectivity index (χ1v) is 6.92. The summed E-state index contributed by atoms with van der Waals surface area (Å²) in [5.41, 5.74) is 3.08. The molecule has 0 bridgehead atoms. The first kappa shape index (κ1) is 14.1. The maximum atomic E-state index is 12.4. The lowest BCUT2D eigenvalue weighted by Gasteiger charge is -2.10. The molecule has 1 aromatic rings. The normalized spacial score (nSPS) is 10.8. The van der Waals surface area contributed by atoms with Crippen molar-refractivity contribution in [1.82, 2.24) is 20.1 Å². The van der Waals surface area contributed by atoms with Gasteiger partial charge >= 0.3 is 0 Å². The van der Waals surface area contributed by atoms with Crippen LogP contribution in [0.1, 0.15) is 21.5 Å². The standard InChI is InChI=1S/C16H16N4O2/c1-10-3-5-11(6-4-10)7-17-15(21)12-8-20(2)9-13-14(12)18-19-16(13)22/h3-6,8-9H,7H2,1-2H3,(H,17,21)(H,19,22). The van der Waals surface area contributed by atoms with Crippen LogP contribution in [0.25, 0.3) is 11.3 Å². The third kappa shape index (κ3) is 2.63. The fraction of sp³-hybridized carbons (Fsp3) is 0.188.